The Morgan fingerprint density at radius 2 is 2.23 bits per heavy atom. The molecule has 68 valence electrons. The monoisotopic (exact) mass is 240 g/mol. The van der Waals surface area contributed by atoms with Gasteiger partial charge in [0.1, 0.15) is 5.58 Å². The van der Waals surface area contributed by atoms with Gasteiger partial charge < -0.3 is 9.52 Å². The zero-order chi connectivity index (χ0) is 9.26. The lowest BCUT2D eigenvalue weighted by Crippen LogP contribution is -1.89. The van der Waals surface area contributed by atoms with Crippen molar-refractivity contribution in [3.8, 4) is 0 Å². The van der Waals surface area contributed by atoms with Crippen LogP contribution in [0, 0.1) is 0 Å². The topological polar surface area (TPSA) is 33.4 Å². The number of aliphatic hydroxyl groups is 1. The van der Waals surface area contributed by atoms with Gasteiger partial charge in [-0.25, -0.2) is 0 Å². The van der Waals surface area contributed by atoms with Crippen LogP contribution in [0.25, 0.3) is 11.0 Å². The summed E-state index contributed by atoms with van der Waals surface area (Å²) in [6.07, 6.45) is 2.35. The molecule has 0 saturated heterocycles. The summed E-state index contributed by atoms with van der Waals surface area (Å²) < 4.78 is 6.22. The van der Waals surface area contributed by atoms with Crippen LogP contribution in [0.2, 0.25) is 0 Å². The molecular formula is C10H9BrO2. The number of benzene rings is 1. The molecule has 0 aliphatic rings. The molecule has 13 heavy (non-hydrogen) atoms. The molecule has 2 nitrogen and oxygen atoms in total. The van der Waals surface area contributed by atoms with Crippen LogP contribution in [-0.2, 0) is 6.42 Å². The van der Waals surface area contributed by atoms with E-state index in [4.69, 9.17) is 9.52 Å². The van der Waals surface area contributed by atoms with Gasteiger partial charge in [-0.2, -0.15) is 0 Å². The van der Waals surface area contributed by atoms with Crippen LogP contribution in [0.15, 0.2) is 33.4 Å². The van der Waals surface area contributed by atoms with Crippen LogP contribution in [0.5, 0.6) is 0 Å². The smallest absolute Gasteiger partial charge is 0.148 e. The van der Waals surface area contributed by atoms with Crippen molar-refractivity contribution in [1.29, 1.82) is 0 Å². The summed E-state index contributed by atoms with van der Waals surface area (Å²) in [6, 6.07) is 5.92. The number of aliphatic hydroxyl groups excluding tert-OH is 1. The van der Waals surface area contributed by atoms with Gasteiger partial charge in [-0.15, -0.1) is 0 Å². The summed E-state index contributed by atoms with van der Waals surface area (Å²) in [5, 5.41) is 9.86. The minimum atomic E-state index is 0.176. The minimum Gasteiger partial charge on any atom is -0.463 e. The standard InChI is InChI=1S/C10H9BrO2/c11-9-6-7(1-3-12)5-8-2-4-13-10(8)9/h2,4-6,12H,1,3H2. The van der Waals surface area contributed by atoms with E-state index < -0.39 is 0 Å². The summed E-state index contributed by atoms with van der Waals surface area (Å²) in [5.74, 6) is 0. The van der Waals surface area contributed by atoms with Crippen molar-refractivity contribution in [2.24, 2.45) is 0 Å². The normalized spacial score (nSPS) is 10.9. The summed E-state index contributed by atoms with van der Waals surface area (Å²) >= 11 is 3.42. The number of halogens is 1. The maximum absolute atomic E-state index is 8.79. The van der Waals surface area contributed by atoms with E-state index in [-0.39, 0.29) is 6.61 Å². The third kappa shape index (κ3) is 1.62. The lowest BCUT2D eigenvalue weighted by molar-refractivity contribution is 0.299. The van der Waals surface area contributed by atoms with Crippen LogP contribution < -0.4 is 0 Å². The van der Waals surface area contributed by atoms with Gasteiger partial charge in [0.25, 0.3) is 0 Å². The third-order valence-corrected chi connectivity index (χ3v) is 2.56. The predicted molar refractivity (Wildman–Crippen MR) is 54.7 cm³/mol. The molecule has 0 saturated carbocycles. The zero-order valence-corrected chi connectivity index (χ0v) is 8.54. The first-order valence-corrected chi connectivity index (χ1v) is 4.87. The first-order chi connectivity index (χ1) is 6.31. The molecule has 0 radical (unpaired) electrons. The van der Waals surface area contributed by atoms with Gasteiger partial charge in [-0.1, -0.05) is 0 Å². The quantitative estimate of drug-likeness (QED) is 0.876. The molecule has 1 aromatic carbocycles. The van der Waals surface area contributed by atoms with Crippen molar-refractivity contribution in [3.05, 3.63) is 34.5 Å². The van der Waals surface area contributed by atoms with E-state index in [0.29, 0.717) is 6.42 Å². The van der Waals surface area contributed by atoms with Gasteiger partial charge >= 0.3 is 0 Å². The summed E-state index contributed by atoms with van der Waals surface area (Å²) in [4.78, 5) is 0. The molecule has 3 heteroatoms. The largest absolute Gasteiger partial charge is 0.463 e. The first-order valence-electron chi connectivity index (χ1n) is 4.08. The number of hydrogen-bond acceptors (Lipinski definition) is 2. The third-order valence-electron chi connectivity index (χ3n) is 1.97. The fraction of sp³-hybridized carbons (Fsp3) is 0.200. The van der Waals surface area contributed by atoms with E-state index in [1.54, 1.807) is 6.26 Å². The highest BCUT2D eigenvalue weighted by Crippen LogP contribution is 2.26. The number of fused-ring (bicyclic) bond motifs is 1. The molecule has 1 heterocycles. The lowest BCUT2D eigenvalue weighted by Gasteiger charge is -1.99. The van der Waals surface area contributed by atoms with Gasteiger partial charge in [0.15, 0.2) is 0 Å². The highest BCUT2D eigenvalue weighted by molar-refractivity contribution is 9.10. The second-order valence-electron chi connectivity index (χ2n) is 2.89. The summed E-state index contributed by atoms with van der Waals surface area (Å²) in [5.41, 5.74) is 1.98. The lowest BCUT2D eigenvalue weighted by atomic mass is 10.1. The molecule has 0 aliphatic carbocycles. The molecule has 1 aromatic heterocycles. The Morgan fingerprint density at radius 3 is 3.00 bits per heavy atom. The van der Waals surface area contributed by atoms with Gasteiger partial charge in [0, 0.05) is 12.0 Å². The van der Waals surface area contributed by atoms with Crippen LogP contribution in [0.3, 0.4) is 0 Å². The first kappa shape index (κ1) is 8.78. The second-order valence-corrected chi connectivity index (χ2v) is 3.74. The van der Waals surface area contributed by atoms with Crippen LogP contribution in [0.1, 0.15) is 5.56 Å². The van der Waals surface area contributed by atoms with E-state index in [1.165, 1.54) is 0 Å². The SMILES string of the molecule is OCCc1cc(Br)c2occc2c1. The number of rotatable bonds is 2. The molecule has 2 aromatic rings. The van der Waals surface area contributed by atoms with Gasteiger partial charge in [-0.05, 0) is 46.1 Å². The van der Waals surface area contributed by atoms with Crippen LogP contribution in [0.4, 0.5) is 0 Å². The molecule has 0 amide bonds. The average Bonchev–Trinajstić information content (AvgIpc) is 2.53. The molecular weight excluding hydrogens is 232 g/mol. The summed E-state index contributed by atoms with van der Waals surface area (Å²) in [6.45, 7) is 0.176. The van der Waals surface area contributed by atoms with Gasteiger partial charge in [0.2, 0.25) is 0 Å². The maximum Gasteiger partial charge on any atom is 0.148 e. The Labute approximate surface area is 84.3 Å². The van der Waals surface area contributed by atoms with Crippen LogP contribution >= 0.6 is 15.9 Å². The molecule has 0 spiro atoms. The van der Waals surface area contributed by atoms with E-state index in [2.05, 4.69) is 15.9 Å². The van der Waals surface area contributed by atoms with Crippen molar-refractivity contribution in [2.45, 2.75) is 6.42 Å². The van der Waals surface area contributed by atoms with E-state index in [0.717, 1.165) is 21.0 Å². The Hall–Kier alpha value is -0.800. The van der Waals surface area contributed by atoms with Crippen molar-refractivity contribution in [1.82, 2.24) is 0 Å². The molecule has 0 unspecified atom stereocenters. The van der Waals surface area contributed by atoms with Gasteiger partial charge in [-0.3, -0.25) is 0 Å². The zero-order valence-electron chi connectivity index (χ0n) is 6.96. The fourth-order valence-electron chi connectivity index (χ4n) is 1.37. The molecule has 0 bridgehead atoms. The molecule has 1 N–H and O–H groups in total. The van der Waals surface area contributed by atoms with Crippen molar-refractivity contribution >= 4 is 26.9 Å². The van der Waals surface area contributed by atoms with Crippen molar-refractivity contribution < 1.29 is 9.52 Å². The Balaban J connectivity index is 2.56. The van der Waals surface area contributed by atoms with Gasteiger partial charge in [0.05, 0.1) is 10.7 Å². The predicted octanol–water partition coefficient (Wildman–Crippen LogP) is 2.73. The van der Waals surface area contributed by atoms with E-state index in [9.17, 15) is 0 Å². The molecule has 0 atom stereocenters. The van der Waals surface area contributed by atoms with Crippen LogP contribution in [-0.4, -0.2) is 11.7 Å². The Morgan fingerprint density at radius 1 is 1.38 bits per heavy atom. The Bertz CT molecular complexity index is 420. The highest BCUT2D eigenvalue weighted by atomic mass is 79.9. The fourth-order valence-corrected chi connectivity index (χ4v) is 1.99. The minimum absolute atomic E-state index is 0.176. The van der Waals surface area contributed by atoms with E-state index in [1.807, 2.05) is 18.2 Å². The summed E-state index contributed by atoms with van der Waals surface area (Å²) in [7, 11) is 0. The highest BCUT2D eigenvalue weighted by Gasteiger charge is 2.03. The van der Waals surface area contributed by atoms with E-state index >= 15 is 0 Å². The average molecular weight is 241 g/mol. The maximum atomic E-state index is 8.79. The molecule has 2 rings (SSSR count). The van der Waals surface area contributed by atoms with Crippen molar-refractivity contribution in [3.63, 3.8) is 0 Å². The van der Waals surface area contributed by atoms with Crippen molar-refractivity contribution in [2.75, 3.05) is 6.61 Å². The Kier molecular flexibility index (Phi) is 2.38. The number of hydrogen-bond donors (Lipinski definition) is 1. The molecule has 0 aliphatic heterocycles. The second kappa shape index (κ2) is 3.52. The molecule has 0 fully saturated rings. The number of furan rings is 1.